The fraction of sp³-hybridized carbons (Fsp3) is 0.214. The third kappa shape index (κ3) is 2.79. The number of thiazole rings is 1. The van der Waals surface area contributed by atoms with Crippen molar-refractivity contribution in [2.45, 2.75) is 13.0 Å². The maximum Gasteiger partial charge on any atom is 0.211 e. The van der Waals surface area contributed by atoms with Gasteiger partial charge in [-0.05, 0) is 17.7 Å². The maximum atomic E-state index is 9.44. The average Bonchev–Trinajstić information content (AvgIpc) is 3.17. The highest BCUT2D eigenvalue weighted by Gasteiger charge is 2.15. The zero-order chi connectivity index (χ0) is 14.7. The molecule has 1 aromatic carbocycles. The van der Waals surface area contributed by atoms with E-state index in [1.54, 1.807) is 18.0 Å². The van der Waals surface area contributed by atoms with Crippen LogP contribution >= 0.6 is 11.3 Å². The number of rotatable bonds is 5. The van der Waals surface area contributed by atoms with Crippen LogP contribution < -0.4 is 4.74 Å². The Balaban J connectivity index is 1.94. The molecule has 0 aliphatic heterocycles. The minimum absolute atomic E-state index is 0.142. The van der Waals surface area contributed by atoms with Crippen LogP contribution in [0, 0.1) is 0 Å². The molecular formula is C14H14N4O2S. The molecule has 0 amide bonds. The van der Waals surface area contributed by atoms with E-state index in [1.165, 1.54) is 11.3 Å². The van der Waals surface area contributed by atoms with Gasteiger partial charge in [-0.25, -0.2) is 4.98 Å². The standard InChI is InChI=1S/C14H14N4O2S/c1-20-11-4-2-10(3-5-11)8-13-12(9-19)16-17-18(13)14-15-6-7-21-14/h2-7,19H,8-9H2,1H3. The summed E-state index contributed by atoms with van der Waals surface area (Å²) in [6.07, 6.45) is 2.34. The highest BCUT2D eigenvalue weighted by atomic mass is 32.1. The molecule has 21 heavy (non-hydrogen) atoms. The third-order valence-electron chi connectivity index (χ3n) is 3.12. The lowest BCUT2D eigenvalue weighted by Crippen LogP contribution is -2.04. The summed E-state index contributed by atoms with van der Waals surface area (Å²) in [5.41, 5.74) is 2.50. The molecule has 108 valence electrons. The summed E-state index contributed by atoms with van der Waals surface area (Å²) >= 11 is 1.48. The van der Waals surface area contributed by atoms with Crippen molar-refractivity contribution in [2.24, 2.45) is 0 Å². The summed E-state index contributed by atoms with van der Waals surface area (Å²) in [6.45, 7) is -0.142. The summed E-state index contributed by atoms with van der Waals surface area (Å²) in [7, 11) is 1.64. The van der Waals surface area contributed by atoms with Gasteiger partial charge in [0.25, 0.3) is 0 Å². The van der Waals surface area contributed by atoms with Crippen molar-refractivity contribution in [1.29, 1.82) is 0 Å². The quantitative estimate of drug-likeness (QED) is 0.778. The molecule has 0 unspecified atom stereocenters. The first-order chi connectivity index (χ1) is 10.3. The second-order valence-electron chi connectivity index (χ2n) is 4.39. The van der Waals surface area contributed by atoms with Crippen LogP contribution in [-0.2, 0) is 13.0 Å². The summed E-state index contributed by atoms with van der Waals surface area (Å²) in [5.74, 6) is 0.813. The zero-order valence-corrected chi connectivity index (χ0v) is 12.2. The number of aliphatic hydroxyl groups excluding tert-OH is 1. The maximum absolute atomic E-state index is 9.44. The largest absolute Gasteiger partial charge is 0.497 e. The third-order valence-corrected chi connectivity index (χ3v) is 3.87. The number of aromatic nitrogens is 4. The number of aliphatic hydroxyl groups is 1. The van der Waals surface area contributed by atoms with Gasteiger partial charge in [0, 0.05) is 18.0 Å². The molecule has 6 nitrogen and oxygen atoms in total. The van der Waals surface area contributed by atoms with Crippen LogP contribution in [-0.4, -0.2) is 32.2 Å². The number of ether oxygens (including phenoxy) is 1. The molecule has 0 bridgehead atoms. The fourth-order valence-electron chi connectivity index (χ4n) is 2.04. The van der Waals surface area contributed by atoms with E-state index in [9.17, 15) is 5.11 Å². The first-order valence-electron chi connectivity index (χ1n) is 6.39. The summed E-state index contributed by atoms with van der Waals surface area (Å²) in [5, 5.41) is 20.2. The van der Waals surface area contributed by atoms with Crippen molar-refractivity contribution in [2.75, 3.05) is 7.11 Å². The molecule has 2 aromatic heterocycles. The Morgan fingerprint density at radius 1 is 1.29 bits per heavy atom. The lowest BCUT2D eigenvalue weighted by atomic mass is 10.1. The Kier molecular flexibility index (Phi) is 3.94. The summed E-state index contributed by atoms with van der Waals surface area (Å²) in [6, 6.07) is 7.79. The molecule has 0 aliphatic carbocycles. The zero-order valence-electron chi connectivity index (χ0n) is 11.4. The van der Waals surface area contributed by atoms with Crippen molar-refractivity contribution < 1.29 is 9.84 Å². The Labute approximate surface area is 125 Å². The average molecular weight is 302 g/mol. The van der Waals surface area contributed by atoms with E-state index in [-0.39, 0.29) is 6.61 Å². The number of benzene rings is 1. The van der Waals surface area contributed by atoms with Gasteiger partial charge in [0.1, 0.15) is 11.4 Å². The van der Waals surface area contributed by atoms with E-state index in [0.717, 1.165) is 22.1 Å². The normalized spacial score (nSPS) is 10.8. The first kappa shape index (κ1) is 13.7. The van der Waals surface area contributed by atoms with Crippen LogP contribution in [0.5, 0.6) is 5.75 Å². The highest BCUT2D eigenvalue weighted by Crippen LogP contribution is 2.20. The van der Waals surface area contributed by atoms with Crippen molar-refractivity contribution >= 4 is 11.3 Å². The van der Waals surface area contributed by atoms with Crippen molar-refractivity contribution in [3.8, 4) is 10.9 Å². The monoisotopic (exact) mass is 302 g/mol. The SMILES string of the molecule is COc1ccc(Cc2c(CO)nnn2-c2nccs2)cc1. The number of hydrogen-bond donors (Lipinski definition) is 1. The predicted molar refractivity (Wildman–Crippen MR) is 78.8 cm³/mol. The van der Waals surface area contributed by atoms with Gasteiger partial charge in [-0.15, -0.1) is 16.4 Å². The Morgan fingerprint density at radius 2 is 2.10 bits per heavy atom. The van der Waals surface area contributed by atoms with E-state index in [2.05, 4.69) is 15.3 Å². The molecule has 0 radical (unpaired) electrons. The van der Waals surface area contributed by atoms with Gasteiger partial charge in [-0.2, -0.15) is 4.68 Å². The molecule has 0 saturated carbocycles. The Bertz CT molecular complexity index is 707. The molecule has 2 heterocycles. The smallest absolute Gasteiger partial charge is 0.211 e. The molecule has 7 heteroatoms. The first-order valence-corrected chi connectivity index (χ1v) is 7.27. The van der Waals surface area contributed by atoms with Crippen LogP contribution in [0.3, 0.4) is 0 Å². The number of nitrogens with zero attached hydrogens (tertiary/aromatic N) is 4. The van der Waals surface area contributed by atoms with E-state index in [1.807, 2.05) is 29.6 Å². The molecule has 0 fully saturated rings. The van der Waals surface area contributed by atoms with Crippen LogP contribution in [0.1, 0.15) is 17.0 Å². The summed E-state index contributed by atoms with van der Waals surface area (Å²) in [4.78, 5) is 4.24. The van der Waals surface area contributed by atoms with Crippen LogP contribution in [0.4, 0.5) is 0 Å². The molecule has 0 atom stereocenters. The highest BCUT2D eigenvalue weighted by molar-refractivity contribution is 7.12. The molecule has 0 spiro atoms. The molecule has 0 saturated heterocycles. The van der Waals surface area contributed by atoms with Gasteiger partial charge < -0.3 is 9.84 Å². The van der Waals surface area contributed by atoms with Gasteiger partial charge in [-0.1, -0.05) is 17.3 Å². The van der Waals surface area contributed by atoms with E-state index in [4.69, 9.17) is 4.74 Å². The van der Waals surface area contributed by atoms with Crippen LogP contribution in [0.25, 0.3) is 5.13 Å². The van der Waals surface area contributed by atoms with Crippen LogP contribution in [0.2, 0.25) is 0 Å². The van der Waals surface area contributed by atoms with Crippen molar-refractivity contribution in [3.05, 3.63) is 52.8 Å². The molecular weight excluding hydrogens is 288 g/mol. The van der Waals surface area contributed by atoms with E-state index in [0.29, 0.717) is 12.1 Å². The molecule has 1 N–H and O–H groups in total. The second-order valence-corrected chi connectivity index (χ2v) is 5.27. The lowest BCUT2D eigenvalue weighted by molar-refractivity contribution is 0.275. The Hall–Kier alpha value is -2.25. The van der Waals surface area contributed by atoms with E-state index >= 15 is 0 Å². The van der Waals surface area contributed by atoms with Crippen molar-refractivity contribution in [3.63, 3.8) is 0 Å². The fourth-order valence-corrected chi connectivity index (χ4v) is 2.66. The lowest BCUT2D eigenvalue weighted by Gasteiger charge is -2.06. The van der Waals surface area contributed by atoms with Gasteiger partial charge >= 0.3 is 0 Å². The molecule has 3 aromatic rings. The molecule has 0 aliphatic rings. The second kappa shape index (κ2) is 6.02. The molecule has 3 rings (SSSR count). The topological polar surface area (TPSA) is 73.1 Å². The predicted octanol–water partition coefficient (Wildman–Crippen LogP) is 1.82. The number of hydrogen-bond acceptors (Lipinski definition) is 6. The van der Waals surface area contributed by atoms with Gasteiger partial charge in [0.2, 0.25) is 5.13 Å². The van der Waals surface area contributed by atoms with Gasteiger partial charge in [-0.3, -0.25) is 0 Å². The van der Waals surface area contributed by atoms with Crippen molar-refractivity contribution in [1.82, 2.24) is 20.0 Å². The summed E-state index contributed by atoms with van der Waals surface area (Å²) < 4.78 is 6.83. The minimum Gasteiger partial charge on any atom is -0.497 e. The Morgan fingerprint density at radius 3 is 2.71 bits per heavy atom. The van der Waals surface area contributed by atoms with E-state index < -0.39 is 0 Å². The van der Waals surface area contributed by atoms with Gasteiger partial charge in [0.05, 0.1) is 19.4 Å². The van der Waals surface area contributed by atoms with Crippen LogP contribution in [0.15, 0.2) is 35.8 Å². The van der Waals surface area contributed by atoms with Gasteiger partial charge in [0.15, 0.2) is 0 Å². The number of methoxy groups -OCH3 is 1. The minimum atomic E-state index is -0.142.